The molecule has 1 unspecified atom stereocenters. The number of aliphatic carboxylic acids is 1. The smallest absolute Gasteiger partial charge is 0.332 e. The molecule has 1 N–H and O–H groups in total. The average molecular weight is 273 g/mol. The number of ether oxygens (including phenoxy) is 3. The molecule has 108 valence electrons. The second-order valence-electron chi connectivity index (χ2n) is 4.76. The lowest BCUT2D eigenvalue weighted by Gasteiger charge is -2.33. The van der Waals surface area contributed by atoms with E-state index in [4.69, 9.17) is 19.3 Å². The SMILES string of the molecule is COCC1CN(C(=O)[C@@H]2CC[C@H](C(=O)O)O2)CCO1. The fourth-order valence-electron chi connectivity index (χ4n) is 2.41. The highest BCUT2D eigenvalue weighted by Crippen LogP contribution is 2.22. The Morgan fingerprint density at radius 1 is 1.37 bits per heavy atom. The predicted molar refractivity (Wildman–Crippen MR) is 63.7 cm³/mol. The Morgan fingerprint density at radius 2 is 2.11 bits per heavy atom. The minimum atomic E-state index is -1.01. The number of carbonyl (C=O) groups is 2. The van der Waals surface area contributed by atoms with Crippen LogP contribution in [0.4, 0.5) is 0 Å². The second kappa shape index (κ2) is 6.31. The van der Waals surface area contributed by atoms with E-state index in [0.29, 0.717) is 39.1 Å². The zero-order valence-electron chi connectivity index (χ0n) is 10.9. The summed E-state index contributed by atoms with van der Waals surface area (Å²) in [6.45, 7) is 1.88. The highest BCUT2D eigenvalue weighted by Gasteiger charge is 2.38. The van der Waals surface area contributed by atoms with Crippen LogP contribution in [0.3, 0.4) is 0 Å². The summed E-state index contributed by atoms with van der Waals surface area (Å²) in [6, 6.07) is 0. The Bertz CT molecular complexity index is 345. The van der Waals surface area contributed by atoms with E-state index in [2.05, 4.69) is 0 Å². The number of hydrogen-bond acceptors (Lipinski definition) is 5. The van der Waals surface area contributed by atoms with Gasteiger partial charge in [-0.25, -0.2) is 4.79 Å². The zero-order chi connectivity index (χ0) is 13.8. The molecule has 2 fully saturated rings. The Kier molecular flexibility index (Phi) is 4.73. The van der Waals surface area contributed by atoms with E-state index in [-0.39, 0.29) is 12.0 Å². The third-order valence-corrected chi connectivity index (χ3v) is 3.37. The molecule has 0 saturated carbocycles. The number of nitrogens with zero attached hydrogens (tertiary/aromatic N) is 1. The van der Waals surface area contributed by atoms with Crippen LogP contribution in [0.15, 0.2) is 0 Å². The number of morpholine rings is 1. The van der Waals surface area contributed by atoms with Crippen molar-refractivity contribution in [3.05, 3.63) is 0 Å². The third-order valence-electron chi connectivity index (χ3n) is 3.37. The van der Waals surface area contributed by atoms with Crippen molar-refractivity contribution in [1.29, 1.82) is 0 Å². The number of amides is 1. The first-order chi connectivity index (χ1) is 9.11. The lowest BCUT2D eigenvalue weighted by Crippen LogP contribution is -2.50. The molecule has 3 atom stereocenters. The summed E-state index contributed by atoms with van der Waals surface area (Å²) in [5.74, 6) is -1.15. The summed E-state index contributed by atoms with van der Waals surface area (Å²) >= 11 is 0. The van der Waals surface area contributed by atoms with Gasteiger partial charge < -0.3 is 24.2 Å². The topological polar surface area (TPSA) is 85.3 Å². The summed E-state index contributed by atoms with van der Waals surface area (Å²) < 4.78 is 15.7. The fraction of sp³-hybridized carbons (Fsp3) is 0.833. The number of methoxy groups -OCH3 is 1. The Labute approximate surface area is 111 Å². The van der Waals surface area contributed by atoms with Crippen LogP contribution < -0.4 is 0 Å². The largest absolute Gasteiger partial charge is 0.479 e. The van der Waals surface area contributed by atoms with Gasteiger partial charge in [0.2, 0.25) is 0 Å². The van der Waals surface area contributed by atoms with E-state index in [9.17, 15) is 9.59 Å². The molecule has 0 bridgehead atoms. The van der Waals surface area contributed by atoms with Gasteiger partial charge in [0.25, 0.3) is 5.91 Å². The van der Waals surface area contributed by atoms with E-state index in [1.54, 1.807) is 12.0 Å². The summed E-state index contributed by atoms with van der Waals surface area (Å²) in [4.78, 5) is 24.7. The van der Waals surface area contributed by atoms with Gasteiger partial charge in [0.15, 0.2) is 6.10 Å². The molecule has 0 aromatic rings. The average Bonchev–Trinajstić information content (AvgIpc) is 2.88. The van der Waals surface area contributed by atoms with Crippen molar-refractivity contribution in [2.75, 3.05) is 33.4 Å². The van der Waals surface area contributed by atoms with Gasteiger partial charge in [-0.05, 0) is 12.8 Å². The van der Waals surface area contributed by atoms with Crippen molar-refractivity contribution < 1.29 is 28.9 Å². The monoisotopic (exact) mass is 273 g/mol. The second-order valence-corrected chi connectivity index (χ2v) is 4.76. The highest BCUT2D eigenvalue weighted by molar-refractivity contribution is 5.82. The summed E-state index contributed by atoms with van der Waals surface area (Å²) in [7, 11) is 1.58. The van der Waals surface area contributed by atoms with Crippen LogP contribution in [0.5, 0.6) is 0 Å². The Balaban J connectivity index is 1.87. The standard InChI is InChI=1S/C12H19NO6/c1-17-7-8-6-13(4-5-18-8)11(14)9-2-3-10(19-9)12(15)16/h8-10H,2-7H2,1H3,(H,15,16)/t8?,9-,10+/m0/s1. The lowest BCUT2D eigenvalue weighted by molar-refractivity contribution is -0.158. The van der Waals surface area contributed by atoms with Gasteiger partial charge in [-0.15, -0.1) is 0 Å². The molecule has 1 amide bonds. The van der Waals surface area contributed by atoms with Crippen LogP contribution in [-0.2, 0) is 23.8 Å². The minimum absolute atomic E-state index is 0.126. The first-order valence-corrected chi connectivity index (χ1v) is 6.39. The quantitative estimate of drug-likeness (QED) is 0.742. The molecule has 0 aromatic carbocycles. The maximum Gasteiger partial charge on any atom is 0.332 e. The molecule has 0 radical (unpaired) electrons. The van der Waals surface area contributed by atoms with Gasteiger partial charge in [-0.1, -0.05) is 0 Å². The number of carboxylic acids is 1. The van der Waals surface area contributed by atoms with E-state index < -0.39 is 18.2 Å². The lowest BCUT2D eigenvalue weighted by atomic mass is 10.1. The maximum absolute atomic E-state index is 12.2. The molecule has 2 aliphatic heterocycles. The molecular weight excluding hydrogens is 254 g/mol. The molecule has 2 heterocycles. The van der Waals surface area contributed by atoms with Crippen LogP contribution in [0, 0.1) is 0 Å². The molecule has 2 saturated heterocycles. The predicted octanol–water partition coefficient (Wildman–Crippen LogP) is -0.508. The first-order valence-electron chi connectivity index (χ1n) is 6.39. The van der Waals surface area contributed by atoms with Crippen LogP contribution in [0.2, 0.25) is 0 Å². The van der Waals surface area contributed by atoms with Crippen LogP contribution in [0.1, 0.15) is 12.8 Å². The van der Waals surface area contributed by atoms with Crippen molar-refractivity contribution in [1.82, 2.24) is 4.90 Å². The summed E-state index contributed by atoms with van der Waals surface area (Å²) in [5.41, 5.74) is 0. The van der Waals surface area contributed by atoms with Crippen molar-refractivity contribution in [2.24, 2.45) is 0 Å². The molecule has 2 rings (SSSR count). The van der Waals surface area contributed by atoms with Crippen molar-refractivity contribution in [2.45, 2.75) is 31.2 Å². The van der Waals surface area contributed by atoms with E-state index >= 15 is 0 Å². The first kappa shape index (κ1) is 14.2. The fourth-order valence-corrected chi connectivity index (χ4v) is 2.41. The molecule has 2 aliphatic rings. The number of rotatable bonds is 4. The summed E-state index contributed by atoms with van der Waals surface area (Å²) in [6.07, 6.45) is -0.772. The molecule has 0 aliphatic carbocycles. The Hall–Kier alpha value is -1.18. The molecule has 19 heavy (non-hydrogen) atoms. The molecule has 7 heteroatoms. The number of carbonyl (C=O) groups excluding carboxylic acids is 1. The minimum Gasteiger partial charge on any atom is -0.479 e. The van der Waals surface area contributed by atoms with Gasteiger partial charge in [-0.3, -0.25) is 4.79 Å². The van der Waals surface area contributed by atoms with Crippen molar-refractivity contribution in [3.63, 3.8) is 0 Å². The third kappa shape index (κ3) is 3.43. The van der Waals surface area contributed by atoms with Gasteiger partial charge in [-0.2, -0.15) is 0 Å². The van der Waals surface area contributed by atoms with Crippen molar-refractivity contribution in [3.8, 4) is 0 Å². The summed E-state index contributed by atoms with van der Waals surface area (Å²) in [5, 5.41) is 8.85. The molecule has 0 aromatic heterocycles. The zero-order valence-corrected chi connectivity index (χ0v) is 10.9. The van der Waals surface area contributed by atoms with E-state index in [1.807, 2.05) is 0 Å². The van der Waals surface area contributed by atoms with Crippen LogP contribution >= 0.6 is 0 Å². The van der Waals surface area contributed by atoms with Gasteiger partial charge in [0.05, 0.1) is 19.3 Å². The maximum atomic E-state index is 12.2. The van der Waals surface area contributed by atoms with Gasteiger partial charge >= 0.3 is 5.97 Å². The highest BCUT2D eigenvalue weighted by atomic mass is 16.5. The Morgan fingerprint density at radius 3 is 2.74 bits per heavy atom. The molecular formula is C12H19NO6. The van der Waals surface area contributed by atoms with Gasteiger partial charge in [0, 0.05) is 20.2 Å². The normalized spacial score (nSPS) is 31.4. The van der Waals surface area contributed by atoms with Gasteiger partial charge in [0.1, 0.15) is 6.10 Å². The number of hydrogen-bond donors (Lipinski definition) is 1. The number of carboxylic acid groups (broad SMARTS) is 1. The van der Waals surface area contributed by atoms with Crippen LogP contribution in [0.25, 0.3) is 0 Å². The van der Waals surface area contributed by atoms with Crippen LogP contribution in [-0.4, -0.2) is 73.6 Å². The van der Waals surface area contributed by atoms with E-state index in [1.165, 1.54) is 0 Å². The molecule has 0 spiro atoms. The van der Waals surface area contributed by atoms with Crippen molar-refractivity contribution >= 4 is 11.9 Å². The molecule has 7 nitrogen and oxygen atoms in total. The van der Waals surface area contributed by atoms with E-state index in [0.717, 1.165) is 0 Å².